The molecule has 112 valence electrons. The summed E-state index contributed by atoms with van der Waals surface area (Å²) in [7, 11) is 3.12. The van der Waals surface area contributed by atoms with Gasteiger partial charge < -0.3 is 15.2 Å². The molecule has 0 spiro atoms. The van der Waals surface area contributed by atoms with Gasteiger partial charge in [0.1, 0.15) is 6.17 Å². The first kappa shape index (κ1) is 15.1. The third-order valence-corrected chi connectivity index (χ3v) is 4.50. The molecule has 20 heavy (non-hydrogen) atoms. The summed E-state index contributed by atoms with van der Waals surface area (Å²) in [6, 6.07) is 3.87. The minimum atomic E-state index is -1.10. The number of halogens is 1. The SMILES string of the molecule is COc1cc(C2(CN)CCCC2)cc(C(C)F)c1OC. The van der Waals surface area contributed by atoms with E-state index >= 15 is 0 Å². The van der Waals surface area contributed by atoms with Crippen LogP contribution in [0.4, 0.5) is 4.39 Å². The average molecular weight is 281 g/mol. The van der Waals surface area contributed by atoms with Gasteiger partial charge in [0, 0.05) is 17.5 Å². The van der Waals surface area contributed by atoms with Crippen molar-refractivity contribution in [3.05, 3.63) is 23.3 Å². The quantitative estimate of drug-likeness (QED) is 0.898. The summed E-state index contributed by atoms with van der Waals surface area (Å²) in [5.74, 6) is 1.07. The molecule has 0 aromatic heterocycles. The standard InChI is InChI=1S/C16H24FNO2/c1-11(17)13-8-12(9-14(19-2)15(13)20-3)16(10-18)6-4-5-7-16/h8-9,11H,4-7,10,18H2,1-3H3. The van der Waals surface area contributed by atoms with E-state index in [4.69, 9.17) is 15.2 Å². The molecule has 1 aromatic rings. The Morgan fingerprint density at radius 3 is 2.35 bits per heavy atom. The van der Waals surface area contributed by atoms with Gasteiger partial charge in [0.2, 0.25) is 0 Å². The van der Waals surface area contributed by atoms with Crippen molar-refractivity contribution in [1.29, 1.82) is 0 Å². The Morgan fingerprint density at radius 2 is 1.90 bits per heavy atom. The Bertz CT molecular complexity index is 468. The second-order valence-electron chi connectivity index (χ2n) is 5.61. The van der Waals surface area contributed by atoms with E-state index < -0.39 is 6.17 Å². The maximum absolute atomic E-state index is 13.9. The molecule has 1 aliphatic rings. The first-order valence-corrected chi connectivity index (χ1v) is 7.18. The molecule has 1 saturated carbocycles. The molecular formula is C16H24FNO2. The van der Waals surface area contributed by atoms with Gasteiger partial charge in [-0.15, -0.1) is 0 Å². The van der Waals surface area contributed by atoms with Crippen molar-refractivity contribution in [3.8, 4) is 11.5 Å². The maximum Gasteiger partial charge on any atom is 0.166 e. The van der Waals surface area contributed by atoms with E-state index in [9.17, 15) is 4.39 Å². The molecule has 0 aliphatic heterocycles. The first-order valence-electron chi connectivity index (χ1n) is 7.18. The highest BCUT2D eigenvalue weighted by atomic mass is 19.1. The number of alkyl halides is 1. The van der Waals surface area contributed by atoms with Crippen molar-refractivity contribution in [3.63, 3.8) is 0 Å². The van der Waals surface area contributed by atoms with Crippen LogP contribution in [0.15, 0.2) is 12.1 Å². The fourth-order valence-electron chi connectivity index (χ4n) is 3.26. The van der Waals surface area contributed by atoms with Gasteiger partial charge in [-0.25, -0.2) is 4.39 Å². The number of nitrogens with two attached hydrogens (primary N) is 1. The number of benzene rings is 1. The Kier molecular flexibility index (Phi) is 4.53. The highest BCUT2D eigenvalue weighted by Crippen LogP contribution is 2.45. The Balaban J connectivity index is 2.57. The van der Waals surface area contributed by atoms with Crippen LogP contribution < -0.4 is 15.2 Å². The summed E-state index contributed by atoms with van der Waals surface area (Å²) in [6.45, 7) is 2.10. The summed E-state index contributed by atoms with van der Waals surface area (Å²) >= 11 is 0. The predicted octanol–water partition coefficient (Wildman–Crippen LogP) is 3.50. The van der Waals surface area contributed by atoms with Crippen LogP contribution in [0.2, 0.25) is 0 Å². The first-order chi connectivity index (χ1) is 9.57. The molecule has 1 aliphatic carbocycles. The number of ether oxygens (including phenoxy) is 2. The molecule has 0 amide bonds. The van der Waals surface area contributed by atoms with Gasteiger partial charge in [0.15, 0.2) is 11.5 Å². The van der Waals surface area contributed by atoms with Crippen molar-refractivity contribution < 1.29 is 13.9 Å². The summed E-state index contributed by atoms with van der Waals surface area (Å²) in [4.78, 5) is 0. The van der Waals surface area contributed by atoms with Gasteiger partial charge in [-0.05, 0) is 37.5 Å². The van der Waals surface area contributed by atoms with Crippen LogP contribution in [0, 0.1) is 0 Å². The molecule has 1 fully saturated rings. The summed E-state index contributed by atoms with van der Waals surface area (Å²) in [6.07, 6.45) is 3.35. The summed E-state index contributed by atoms with van der Waals surface area (Å²) < 4.78 is 24.6. The molecule has 0 saturated heterocycles. The Hall–Kier alpha value is -1.29. The van der Waals surface area contributed by atoms with Gasteiger partial charge in [0.05, 0.1) is 14.2 Å². The third kappa shape index (κ3) is 2.49. The van der Waals surface area contributed by atoms with E-state index in [0.717, 1.165) is 18.4 Å². The molecule has 3 nitrogen and oxygen atoms in total. The lowest BCUT2D eigenvalue weighted by Gasteiger charge is -2.29. The van der Waals surface area contributed by atoms with Crippen molar-refractivity contribution in [2.24, 2.45) is 5.73 Å². The largest absolute Gasteiger partial charge is 0.493 e. The minimum Gasteiger partial charge on any atom is -0.493 e. The lowest BCUT2D eigenvalue weighted by atomic mass is 9.78. The molecule has 0 radical (unpaired) electrons. The molecule has 1 unspecified atom stereocenters. The lowest BCUT2D eigenvalue weighted by molar-refractivity contribution is 0.321. The monoisotopic (exact) mass is 281 g/mol. The van der Waals surface area contributed by atoms with Gasteiger partial charge in [0.25, 0.3) is 0 Å². The number of methoxy groups -OCH3 is 2. The third-order valence-electron chi connectivity index (χ3n) is 4.50. The molecule has 2 N–H and O–H groups in total. The van der Waals surface area contributed by atoms with Crippen LogP contribution in [0.1, 0.15) is 49.9 Å². The average Bonchev–Trinajstić information content (AvgIpc) is 2.95. The fraction of sp³-hybridized carbons (Fsp3) is 0.625. The summed E-state index contributed by atoms with van der Waals surface area (Å²) in [5, 5.41) is 0. The van der Waals surface area contributed by atoms with Gasteiger partial charge in [-0.3, -0.25) is 0 Å². The fourth-order valence-corrected chi connectivity index (χ4v) is 3.26. The van der Waals surface area contributed by atoms with Crippen molar-refractivity contribution in [2.45, 2.75) is 44.2 Å². The molecule has 1 atom stereocenters. The highest BCUT2D eigenvalue weighted by molar-refractivity contribution is 5.52. The van der Waals surface area contributed by atoms with Crippen LogP contribution in [-0.4, -0.2) is 20.8 Å². The number of rotatable bonds is 5. The minimum absolute atomic E-state index is 0.0385. The van der Waals surface area contributed by atoms with Gasteiger partial charge in [-0.1, -0.05) is 12.8 Å². The highest BCUT2D eigenvalue weighted by Gasteiger charge is 2.36. The van der Waals surface area contributed by atoms with Crippen LogP contribution in [0.25, 0.3) is 0 Å². The smallest absolute Gasteiger partial charge is 0.166 e. The van der Waals surface area contributed by atoms with E-state index in [-0.39, 0.29) is 5.41 Å². The molecular weight excluding hydrogens is 257 g/mol. The number of hydrogen-bond acceptors (Lipinski definition) is 3. The molecule has 4 heteroatoms. The zero-order chi connectivity index (χ0) is 14.8. The molecule has 0 bridgehead atoms. The van der Waals surface area contributed by atoms with E-state index in [1.807, 2.05) is 12.1 Å². The second kappa shape index (κ2) is 6.00. The van der Waals surface area contributed by atoms with E-state index in [2.05, 4.69) is 0 Å². The second-order valence-corrected chi connectivity index (χ2v) is 5.61. The lowest BCUT2D eigenvalue weighted by Crippen LogP contribution is -2.32. The maximum atomic E-state index is 13.9. The van der Waals surface area contributed by atoms with E-state index in [1.165, 1.54) is 26.9 Å². The van der Waals surface area contributed by atoms with Crippen LogP contribution >= 0.6 is 0 Å². The zero-order valence-corrected chi connectivity index (χ0v) is 12.5. The van der Waals surface area contributed by atoms with Crippen LogP contribution in [0.3, 0.4) is 0 Å². The van der Waals surface area contributed by atoms with Crippen molar-refractivity contribution >= 4 is 0 Å². The van der Waals surface area contributed by atoms with Gasteiger partial charge in [-0.2, -0.15) is 0 Å². The normalized spacial score (nSPS) is 18.9. The van der Waals surface area contributed by atoms with Gasteiger partial charge >= 0.3 is 0 Å². The van der Waals surface area contributed by atoms with Crippen molar-refractivity contribution in [1.82, 2.24) is 0 Å². The predicted molar refractivity (Wildman–Crippen MR) is 78.3 cm³/mol. The Morgan fingerprint density at radius 1 is 1.25 bits per heavy atom. The molecule has 2 rings (SSSR count). The topological polar surface area (TPSA) is 44.5 Å². The summed E-state index contributed by atoms with van der Waals surface area (Å²) in [5.41, 5.74) is 7.61. The van der Waals surface area contributed by atoms with Crippen molar-refractivity contribution in [2.75, 3.05) is 20.8 Å². The van der Waals surface area contributed by atoms with E-state index in [0.29, 0.717) is 23.6 Å². The molecule has 1 aromatic carbocycles. The van der Waals surface area contributed by atoms with Crippen LogP contribution in [0.5, 0.6) is 11.5 Å². The Labute approximate surface area is 120 Å². The van der Waals surface area contributed by atoms with Crippen LogP contribution in [-0.2, 0) is 5.41 Å². The molecule has 0 heterocycles. The number of hydrogen-bond donors (Lipinski definition) is 1. The zero-order valence-electron chi connectivity index (χ0n) is 12.5. The van der Waals surface area contributed by atoms with E-state index in [1.54, 1.807) is 7.11 Å².